The number of hydrogen-bond donors (Lipinski definition) is 1. The minimum absolute atomic E-state index is 0.451. The van der Waals surface area contributed by atoms with Gasteiger partial charge in [-0.1, -0.05) is 36.2 Å². The molecule has 1 atom stereocenters. The number of hydrogen-bond acceptors (Lipinski definition) is 2. The van der Waals surface area contributed by atoms with Gasteiger partial charge in [0.05, 0.1) is 10.0 Å². The van der Waals surface area contributed by atoms with Gasteiger partial charge in [0.1, 0.15) is 0 Å². The fourth-order valence-corrected chi connectivity index (χ4v) is 2.72. The first-order valence-electron chi connectivity index (χ1n) is 6.12. The molecule has 1 N–H and O–H groups in total. The third-order valence-electron chi connectivity index (χ3n) is 3.31. The zero-order valence-electron chi connectivity index (χ0n) is 10.0. The fraction of sp³-hybridized carbons (Fsp3) is 0.538. The molecule has 1 aliphatic heterocycles. The molecule has 0 unspecified atom stereocenters. The van der Waals surface area contributed by atoms with E-state index < -0.39 is 0 Å². The third-order valence-corrected chi connectivity index (χ3v) is 4.05. The molecule has 17 heavy (non-hydrogen) atoms. The van der Waals surface area contributed by atoms with E-state index in [1.54, 1.807) is 0 Å². The summed E-state index contributed by atoms with van der Waals surface area (Å²) in [6, 6.07) is 6.43. The number of nitrogens with one attached hydrogen (secondary N) is 1. The van der Waals surface area contributed by atoms with Crippen molar-refractivity contribution in [2.45, 2.75) is 19.4 Å². The van der Waals surface area contributed by atoms with Crippen LogP contribution in [-0.2, 0) is 0 Å². The largest absolute Gasteiger partial charge is 0.314 e. The van der Waals surface area contributed by atoms with Crippen LogP contribution in [0.25, 0.3) is 0 Å². The van der Waals surface area contributed by atoms with Gasteiger partial charge >= 0.3 is 0 Å². The molecule has 1 aromatic rings. The quantitative estimate of drug-likeness (QED) is 0.908. The van der Waals surface area contributed by atoms with Gasteiger partial charge < -0.3 is 5.32 Å². The molecule has 1 fully saturated rings. The zero-order valence-corrected chi connectivity index (χ0v) is 11.6. The summed E-state index contributed by atoms with van der Waals surface area (Å²) in [5.74, 6) is 0. The highest BCUT2D eigenvalue weighted by Crippen LogP contribution is 2.30. The van der Waals surface area contributed by atoms with Crippen molar-refractivity contribution in [3.05, 3.63) is 33.8 Å². The van der Waals surface area contributed by atoms with Gasteiger partial charge in [-0.15, -0.1) is 0 Å². The molecule has 1 aromatic carbocycles. The second kappa shape index (κ2) is 6.05. The highest BCUT2D eigenvalue weighted by Gasteiger charge is 2.20. The summed E-state index contributed by atoms with van der Waals surface area (Å²) in [7, 11) is 0. The lowest BCUT2D eigenvalue weighted by Crippen LogP contribution is -2.45. The molecule has 0 bridgehead atoms. The summed E-state index contributed by atoms with van der Waals surface area (Å²) in [6.07, 6.45) is 1.10. The first-order chi connectivity index (χ1) is 8.22. The molecule has 0 radical (unpaired) electrons. The van der Waals surface area contributed by atoms with Crippen LogP contribution in [0, 0.1) is 0 Å². The predicted octanol–water partition coefficient (Wildman–Crippen LogP) is 3.35. The lowest BCUT2D eigenvalue weighted by Gasteiger charge is -2.34. The zero-order chi connectivity index (χ0) is 12.3. The maximum absolute atomic E-state index is 6.09. The summed E-state index contributed by atoms with van der Waals surface area (Å²) < 4.78 is 0. The molecule has 0 aliphatic carbocycles. The molecule has 0 spiro atoms. The van der Waals surface area contributed by atoms with Crippen LogP contribution >= 0.6 is 23.2 Å². The highest BCUT2D eigenvalue weighted by molar-refractivity contribution is 6.42. The Balaban J connectivity index is 2.18. The molecule has 0 aromatic heterocycles. The Morgan fingerprint density at radius 2 is 1.94 bits per heavy atom. The van der Waals surface area contributed by atoms with Crippen LogP contribution in [0.2, 0.25) is 10.0 Å². The average Bonchev–Trinajstić information content (AvgIpc) is 2.36. The number of rotatable bonds is 3. The van der Waals surface area contributed by atoms with Gasteiger partial charge in [0, 0.05) is 32.2 Å². The molecule has 0 amide bonds. The van der Waals surface area contributed by atoms with E-state index in [1.807, 2.05) is 12.1 Å². The molecule has 1 aliphatic rings. The Bertz CT molecular complexity index is 376. The van der Waals surface area contributed by atoms with E-state index in [9.17, 15) is 0 Å². The van der Waals surface area contributed by atoms with E-state index in [0.29, 0.717) is 16.1 Å². The Kier molecular flexibility index (Phi) is 4.69. The van der Waals surface area contributed by atoms with Crippen LogP contribution in [0.15, 0.2) is 18.2 Å². The molecule has 94 valence electrons. The fourth-order valence-electron chi connectivity index (χ4n) is 2.42. The lowest BCUT2D eigenvalue weighted by atomic mass is 10.0. The first-order valence-corrected chi connectivity index (χ1v) is 6.87. The lowest BCUT2D eigenvalue weighted by molar-refractivity contribution is 0.169. The maximum Gasteiger partial charge on any atom is 0.0595 e. The topological polar surface area (TPSA) is 15.3 Å². The molecule has 0 saturated carbocycles. The van der Waals surface area contributed by atoms with Crippen molar-refractivity contribution in [2.75, 3.05) is 26.2 Å². The van der Waals surface area contributed by atoms with Crippen LogP contribution in [0.4, 0.5) is 0 Å². The highest BCUT2D eigenvalue weighted by atomic mass is 35.5. The Labute approximate surface area is 113 Å². The van der Waals surface area contributed by atoms with E-state index in [0.717, 1.165) is 32.6 Å². The van der Waals surface area contributed by atoms with Gasteiger partial charge in [0.2, 0.25) is 0 Å². The molecule has 2 rings (SSSR count). The van der Waals surface area contributed by atoms with Crippen molar-refractivity contribution < 1.29 is 0 Å². The smallest absolute Gasteiger partial charge is 0.0595 e. The summed E-state index contributed by atoms with van der Waals surface area (Å²) in [5.41, 5.74) is 1.27. The van der Waals surface area contributed by atoms with Crippen LogP contribution in [0.1, 0.15) is 24.9 Å². The van der Waals surface area contributed by atoms with Crippen molar-refractivity contribution in [2.24, 2.45) is 0 Å². The third kappa shape index (κ3) is 3.14. The number of benzene rings is 1. The molecule has 4 heteroatoms. The van der Waals surface area contributed by atoms with Crippen molar-refractivity contribution >= 4 is 23.2 Å². The van der Waals surface area contributed by atoms with Crippen molar-refractivity contribution in [3.8, 4) is 0 Å². The number of nitrogens with zero attached hydrogens (tertiary/aromatic N) is 1. The van der Waals surface area contributed by atoms with Gasteiger partial charge in [0.15, 0.2) is 0 Å². The summed E-state index contributed by atoms with van der Waals surface area (Å²) in [4.78, 5) is 2.51. The second-order valence-electron chi connectivity index (χ2n) is 4.38. The number of piperazine rings is 1. The summed E-state index contributed by atoms with van der Waals surface area (Å²) in [5, 5.41) is 4.66. The van der Waals surface area contributed by atoms with E-state index in [-0.39, 0.29) is 0 Å². The van der Waals surface area contributed by atoms with Crippen molar-refractivity contribution in [1.82, 2.24) is 10.2 Å². The van der Waals surface area contributed by atoms with Crippen LogP contribution in [-0.4, -0.2) is 31.1 Å². The Hall–Kier alpha value is -0.280. The average molecular weight is 273 g/mol. The summed E-state index contributed by atoms with van der Waals surface area (Å²) >= 11 is 12.0. The first kappa shape index (κ1) is 13.2. The Morgan fingerprint density at radius 1 is 1.24 bits per heavy atom. The van der Waals surface area contributed by atoms with E-state index in [2.05, 4.69) is 23.2 Å². The predicted molar refractivity (Wildman–Crippen MR) is 73.9 cm³/mol. The van der Waals surface area contributed by atoms with Crippen LogP contribution in [0.3, 0.4) is 0 Å². The van der Waals surface area contributed by atoms with Gasteiger partial charge in [0.25, 0.3) is 0 Å². The number of halogens is 2. The second-order valence-corrected chi connectivity index (χ2v) is 5.20. The van der Waals surface area contributed by atoms with Crippen molar-refractivity contribution in [3.63, 3.8) is 0 Å². The minimum Gasteiger partial charge on any atom is -0.314 e. The standard InChI is InChI=1S/C13H18Cl2N2/c1-2-13(17-7-5-16-6-8-17)10-3-4-11(14)12(15)9-10/h3-4,9,13,16H,2,5-8H2,1H3/t13-/m1/s1. The molecule has 2 nitrogen and oxygen atoms in total. The Morgan fingerprint density at radius 3 is 2.53 bits per heavy atom. The van der Waals surface area contributed by atoms with E-state index >= 15 is 0 Å². The normalized spacial score (nSPS) is 19.2. The van der Waals surface area contributed by atoms with Crippen LogP contribution in [0.5, 0.6) is 0 Å². The molecule has 1 saturated heterocycles. The monoisotopic (exact) mass is 272 g/mol. The van der Waals surface area contributed by atoms with E-state index in [1.165, 1.54) is 5.56 Å². The summed E-state index contributed by atoms with van der Waals surface area (Å²) in [6.45, 7) is 6.54. The van der Waals surface area contributed by atoms with Crippen LogP contribution < -0.4 is 5.32 Å². The van der Waals surface area contributed by atoms with Crippen molar-refractivity contribution in [1.29, 1.82) is 0 Å². The maximum atomic E-state index is 6.09. The minimum atomic E-state index is 0.451. The van der Waals surface area contributed by atoms with Gasteiger partial charge in [-0.2, -0.15) is 0 Å². The van der Waals surface area contributed by atoms with Gasteiger partial charge in [-0.05, 0) is 24.1 Å². The van der Waals surface area contributed by atoms with Gasteiger partial charge in [-0.25, -0.2) is 0 Å². The molecule has 1 heterocycles. The molecular formula is C13H18Cl2N2. The molecular weight excluding hydrogens is 255 g/mol. The SMILES string of the molecule is CC[C@H](c1ccc(Cl)c(Cl)c1)N1CCNCC1. The van der Waals surface area contributed by atoms with E-state index in [4.69, 9.17) is 23.2 Å². The van der Waals surface area contributed by atoms with Gasteiger partial charge in [-0.3, -0.25) is 4.90 Å².